The van der Waals surface area contributed by atoms with E-state index < -0.39 is 22.2 Å². The van der Waals surface area contributed by atoms with Gasteiger partial charge < -0.3 is 10.4 Å². The van der Waals surface area contributed by atoms with Crippen molar-refractivity contribution in [3.63, 3.8) is 0 Å². The van der Waals surface area contributed by atoms with E-state index in [1.807, 2.05) is 0 Å². The van der Waals surface area contributed by atoms with Crippen LogP contribution in [0.5, 0.6) is 0 Å². The molecule has 2 N–H and O–H groups in total. The van der Waals surface area contributed by atoms with E-state index in [0.717, 1.165) is 6.07 Å². The maximum Gasteiger partial charge on any atom is 0.318 e. The van der Waals surface area contributed by atoms with Crippen LogP contribution in [0, 0.1) is 15.5 Å². The normalized spacial score (nSPS) is 10.9. The van der Waals surface area contributed by atoms with Crippen LogP contribution in [0.3, 0.4) is 0 Å². The number of hydrogen-bond acceptors (Lipinski definition) is 4. The zero-order valence-electron chi connectivity index (χ0n) is 10.1. The Balaban J connectivity index is 3.02. The van der Waals surface area contributed by atoms with Crippen LogP contribution in [-0.4, -0.2) is 21.9 Å². The second-order valence-corrected chi connectivity index (χ2v) is 4.71. The number of aliphatic carboxylic acids is 1. The Morgan fingerprint density at radius 3 is 2.47 bits per heavy atom. The van der Waals surface area contributed by atoms with Gasteiger partial charge in [0.25, 0.3) is 5.69 Å². The van der Waals surface area contributed by atoms with Crippen molar-refractivity contribution in [1.82, 2.24) is 0 Å². The summed E-state index contributed by atoms with van der Waals surface area (Å²) in [6, 6.07) is 3.67. The lowest BCUT2D eigenvalue weighted by Crippen LogP contribution is -2.37. The number of nitro benzene ring substituents is 1. The number of carboxylic acids is 1. The van der Waals surface area contributed by atoms with Crippen LogP contribution >= 0.6 is 11.6 Å². The fraction of sp³-hybridized carbons (Fsp3) is 0.273. The number of nitrogens with zero attached hydrogens (tertiary/aromatic N) is 1. The smallest absolute Gasteiger partial charge is 0.318 e. The van der Waals surface area contributed by atoms with Gasteiger partial charge in [-0.2, -0.15) is 0 Å². The Morgan fingerprint density at radius 1 is 1.42 bits per heavy atom. The topological polar surface area (TPSA) is 110 Å². The highest BCUT2D eigenvalue weighted by Crippen LogP contribution is 2.28. The van der Waals surface area contributed by atoms with Gasteiger partial charge in [0, 0.05) is 11.8 Å². The Kier molecular flexibility index (Phi) is 4.10. The van der Waals surface area contributed by atoms with Crippen molar-refractivity contribution < 1.29 is 19.6 Å². The van der Waals surface area contributed by atoms with Crippen molar-refractivity contribution in [3.8, 4) is 0 Å². The lowest BCUT2D eigenvalue weighted by Gasteiger charge is -2.18. The maximum atomic E-state index is 11.7. The van der Waals surface area contributed by atoms with Gasteiger partial charge >= 0.3 is 5.97 Å². The molecule has 0 aromatic heterocycles. The van der Waals surface area contributed by atoms with Crippen LogP contribution in [0.15, 0.2) is 18.2 Å². The third-order valence-electron chi connectivity index (χ3n) is 2.50. The van der Waals surface area contributed by atoms with Gasteiger partial charge in [0.1, 0.15) is 10.4 Å². The first-order valence-corrected chi connectivity index (χ1v) is 5.53. The number of benzene rings is 1. The first-order valence-electron chi connectivity index (χ1n) is 5.15. The molecule has 0 aliphatic heterocycles. The molecule has 0 atom stereocenters. The third-order valence-corrected chi connectivity index (χ3v) is 2.82. The molecule has 0 unspecified atom stereocenters. The molecule has 1 aromatic carbocycles. The second kappa shape index (κ2) is 5.23. The number of nitro groups is 1. The number of carbonyl (C=O) groups is 2. The Bertz CT molecular complexity index is 556. The van der Waals surface area contributed by atoms with E-state index in [-0.39, 0.29) is 16.4 Å². The van der Waals surface area contributed by atoms with Gasteiger partial charge in [0.2, 0.25) is 5.91 Å². The van der Waals surface area contributed by atoms with Crippen LogP contribution in [0.4, 0.5) is 11.4 Å². The highest BCUT2D eigenvalue weighted by atomic mass is 35.5. The molecule has 0 fully saturated rings. The molecule has 1 rings (SSSR count). The summed E-state index contributed by atoms with van der Waals surface area (Å²) in [5.41, 5.74) is -1.91. The molecule has 0 radical (unpaired) electrons. The van der Waals surface area contributed by atoms with Gasteiger partial charge in [0.05, 0.1) is 4.92 Å². The van der Waals surface area contributed by atoms with Crippen molar-refractivity contribution >= 4 is 34.9 Å². The number of amides is 1. The molecular formula is C11H11ClN2O5. The van der Waals surface area contributed by atoms with E-state index >= 15 is 0 Å². The predicted octanol–water partition coefficient (Wildman–Crippen LogP) is 2.30. The molecule has 0 spiro atoms. The van der Waals surface area contributed by atoms with E-state index in [4.69, 9.17) is 16.7 Å². The minimum atomic E-state index is -1.64. The summed E-state index contributed by atoms with van der Waals surface area (Å²) >= 11 is 5.62. The van der Waals surface area contributed by atoms with Gasteiger partial charge in [-0.1, -0.05) is 11.6 Å². The molecule has 8 heteroatoms. The number of halogens is 1. The number of carboxylic acid groups (broad SMARTS) is 1. The minimum absolute atomic E-state index is 0.0690. The molecule has 0 saturated heterocycles. The summed E-state index contributed by atoms with van der Waals surface area (Å²) in [4.78, 5) is 32.6. The largest absolute Gasteiger partial charge is 0.480 e. The number of anilines is 1. The van der Waals surface area contributed by atoms with E-state index in [1.54, 1.807) is 0 Å². The highest BCUT2D eigenvalue weighted by molar-refractivity contribution is 6.32. The third kappa shape index (κ3) is 3.19. The van der Waals surface area contributed by atoms with Crippen molar-refractivity contribution in [2.75, 3.05) is 5.32 Å². The molecule has 0 bridgehead atoms. The molecule has 7 nitrogen and oxygen atoms in total. The van der Waals surface area contributed by atoms with Crippen molar-refractivity contribution in [3.05, 3.63) is 33.3 Å². The summed E-state index contributed by atoms with van der Waals surface area (Å²) in [7, 11) is 0. The van der Waals surface area contributed by atoms with E-state index in [9.17, 15) is 19.7 Å². The lowest BCUT2D eigenvalue weighted by atomic mass is 9.92. The summed E-state index contributed by atoms with van der Waals surface area (Å²) in [5.74, 6) is -2.08. The minimum Gasteiger partial charge on any atom is -0.480 e. The highest BCUT2D eigenvalue weighted by Gasteiger charge is 2.36. The van der Waals surface area contributed by atoms with Crippen LogP contribution < -0.4 is 5.32 Å². The van der Waals surface area contributed by atoms with Crippen LogP contribution in [0.1, 0.15) is 13.8 Å². The van der Waals surface area contributed by atoms with Gasteiger partial charge in [-0.3, -0.25) is 19.7 Å². The van der Waals surface area contributed by atoms with Crippen LogP contribution in [-0.2, 0) is 9.59 Å². The Hall–Kier alpha value is -2.15. The standard InChI is InChI=1S/C11H11ClN2O5/c1-11(2,10(16)17)9(15)13-6-3-4-7(12)8(5-6)14(18)19/h3-5H,1-2H3,(H,13,15)(H,16,17). The maximum absolute atomic E-state index is 11.7. The van der Waals surface area contributed by atoms with Crippen LogP contribution in [0.25, 0.3) is 0 Å². The first-order chi connectivity index (χ1) is 8.66. The molecule has 19 heavy (non-hydrogen) atoms. The van der Waals surface area contributed by atoms with E-state index in [1.165, 1.54) is 26.0 Å². The second-order valence-electron chi connectivity index (χ2n) is 4.31. The molecule has 1 amide bonds. The van der Waals surface area contributed by atoms with Gasteiger partial charge in [-0.15, -0.1) is 0 Å². The fourth-order valence-corrected chi connectivity index (χ4v) is 1.30. The van der Waals surface area contributed by atoms with Gasteiger partial charge in [0.15, 0.2) is 0 Å². The first kappa shape index (κ1) is 14.9. The average Bonchev–Trinajstić information content (AvgIpc) is 2.30. The van der Waals surface area contributed by atoms with Crippen molar-refractivity contribution in [1.29, 1.82) is 0 Å². The number of nitrogens with one attached hydrogen (secondary N) is 1. The van der Waals surface area contributed by atoms with Crippen LogP contribution in [0.2, 0.25) is 5.02 Å². The fourth-order valence-electron chi connectivity index (χ4n) is 1.11. The summed E-state index contributed by atoms with van der Waals surface area (Å²) in [6.45, 7) is 2.46. The average molecular weight is 287 g/mol. The van der Waals surface area contributed by atoms with E-state index in [2.05, 4.69) is 5.32 Å². The molecule has 102 valence electrons. The van der Waals surface area contributed by atoms with Gasteiger partial charge in [-0.25, -0.2) is 0 Å². The number of hydrogen-bond donors (Lipinski definition) is 2. The summed E-state index contributed by atoms with van der Waals surface area (Å²) < 4.78 is 0. The predicted molar refractivity (Wildman–Crippen MR) is 68.2 cm³/mol. The molecule has 0 aliphatic carbocycles. The summed E-state index contributed by atoms with van der Waals surface area (Å²) in [6.07, 6.45) is 0. The van der Waals surface area contributed by atoms with Crippen molar-refractivity contribution in [2.24, 2.45) is 5.41 Å². The Labute approximate surface area is 113 Å². The zero-order valence-corrected chi connectivity index (χ0v) is 10.9. The quantitative estimate of drug-likeness (QED) is 0.501. The van der Waals surface area contributed by atoms with E-state index in [0.29, 0.717) is 0 Å². The summed E-state index contributed by atoms with van der Waals surface area (Å²) in [5, 5.41) is 21.8. The molecule has 1 aromatic rings. The zero-order chi connectivity index (χ0) is 14.8. The molecule has 0 saturated carbocycles. The number of carbonyl (C=O) groups excluding carboxylic acids is 1. The number of rotatable bonds is 4. The molecule has 0 aliphatic rings. The van der Waals surface area contributed by atoms with Crippen molar-refractivity contribution in [2.45, 2.75) is 13.8 Å². The monoisotopic (exact) mass is 286 g/mol. The molecule has 0 heterocycles. The molecular weight excluding hydrogens is 276 g/mol. The van der Waals surface area contributed by atoms with Gasteiger partial charge in [-0.05, 0) is 26.0 Å². The lowest BCUT2D eigenvalue weighted by molar-refractivity contribution is -0.384. The Morgan fingerprint density at radius 2 is 2.00 bits per heavy atom. The SMILES string of the molecule is CC(C)(C(=O)O)C(=O)Nc1ccc(Cl)c([N+](=O)[O-])c1.